The summed E-state index contributed by atoms with van der Waals surface area (Å²) in [5.41, 5.74) is -0.358. The molecule has 1 atom stereocenters. The topological polar surface area (TPSA) is 49.4 Å². The van der Waals surface area contributed by atoms with E-state index in [1.54, 1.807) is 0 Å². The third kappa shape index (κ3) is 3.35. The summed E-state index contributed by atoms with van der Waals surface area (Å²) < 4.78 is 14.0. The van der Waals surface area contributed by atoms with Crippen LogP contribution in [0.5, 0.6) is 0 Å². The fourth-order valence-corrected chi connectivity index (χ4v) is 2.46. The molecule has 1 aromatic rings. The molecule has 2 amide bonds. The number of hydrogen-bond acceptors (Lipinski definition) is 2. The molecule has 1 N–H and O–H groups in total. The summed E-state index contributed by atoms with van der Waals surface area (Å²) in [5, 5.41) is 3.06. The lowest BCUT2D eigenvalue weighted by Gasteiger charge is -2.32. The minimum Gasteiger partial charge on any atom is -0.344 e. The van der Waals surface area contributed by atoms with Crippen molar-refractivity contribution in [2.75, 3.05) is 11.4 Å². The molecule has 0 bridgehead atoms. The van der Waals surface area contributed by atoms with Gasteiger partial charge in [-0.2, -0.15) is 0 Å². The van der Waals surface area contributed by atoms with Gasteiger partial charge in [0.15, 0.2) is 0 Å². The van der Waals surface area contributed by atoms with Gasteiger partial charge in [-0.1, -0.05) is 32.4 Å². The lowest BCUT2D eigenvalue weighted by molar-refractivity contribution is -0.127. The zero-order chi connectivity index (χ0) is 15.8. The summed E-state index contributed by atoms with van der Waals surface area (Å²) in [7, 11) is 0. The predicted molar refractivity (Wildman–Crippen MR) is 79.8 cm³/mol. The molecule has 114 valence electrons. The molecule has 0 saturated carbocycles. The fraction of sp³-hybridized carbons (Fsp3) is 0.467. The monoisotopic (exact) mass is 312 g/mol. The Morgan fingerprint density at radius 2 is 2.00 bits per heavy atom. The molecule has 1 heterocycles. The molecule has 1 fully saturated rings. The first-order valence-corrected chi connectivity index (χ1v) is 7.14. The van der Waals surface area contributed by atoms with Gasteiger partial charge < -0.3 is 10.2 Å². The molecule has 4 nitrogen and oxygen atoms in total. The molecule has 1 aromatic carbocycles. The molecular formula is C15H18ClFN2O2. The van der Waals surface area contributed by atoms with Crippen LogP contribution in [0.15, 0.2) is 18.2 Å². The number of anilines is 1. The molecule has 1 unspecified atom stereocenters. The Morgan fingerprint density at radius 3 is 2.62 bits per heavy atom. The third-order valence-electron chi connectivity index (χ3n) is 3.45. The van der Waals surface area contributed by atoms with E-state index >= 15 is 0 Å². The second-order valence-electron chi connectivity index (χ2n) is 6.20. The first-order valence-electron chi connectivity index (χ1n) is 6.76. The first kappa shape index (κ1) is 15.8. The second kappa shape index (κ2) is 5.64. The number of hydrogen-bond donors (Lipinski definition) is 1. The molecule has 1 aliphatic heterocycles. The van der Waals surface area contributed by atoms with Crippen LogP contribution < -0.4 is 10.2 Å². The van der Waals surface area contributed by atoms with E-state index in [0.717, 1.165) is 0 Å². The number of nitrogens with one attached hydrogen (secondary N) is 1. The van der Waals surface area contributed by atoms with E-state index in [1.165, 1.54) is 23.1 Å². The van der Waals surface area contributed by atoms with E-state index in [0.29, 0.717) is 5.02 Å². The van der Waals surface area contributed by atoms with Crippen molar-refractivity contribution in [1.82, 2.24) is 5.32 Å². The molecule has 1 saturated heterocycles. The van der Waals surface area contributed by atoms with Crippen molar-refractivity contribution in [3.8, 4) is 0 Å². The van der Waals surface area contributed by atoms with Crippen molar-refractivity contribution in [3.63, 3.8) is 0 Å². The highest BCUT2D eigenvalue weighted by Crippen LogP contribution is 2.29. The largest absolute Gasteiger partial charge is 0.344 e. The van der Waals surface area contributed by atoms with Crippen LogP contribution in [0.3, 0.4) is 0 Å². The van der Waals surface area contributed by atoms with Crippen LogP contribution in [0, 0.1) is 11.2 Å². The van der Waals surface area contributed by atoms with Gasteiger partial charge in [0.25, 0.3) is 0 Å². The molecule has 1 aliphatic rings. The molecule has 0 spiro atoms. The first-order chi connectivity index (χ1) is 9.70. The van der Waals surface area contributed by atoms with E-state index in [9.17, 15) is 14.0 Å². The molecule has 21 heavy (non-hydrogen) atoms. The van der Waals surface area contributed by atoms with E-state index < -0.39 is 17.3 Å². The molecule has 2 rings (SSSR count). The number of carbonyl (C=O) groups excluding carboxylic acids is 2. The smallest absolute Gasteiger partial charge is 0.250 e. The minimum atomic E-state index is -0.703. The van der Waals surface area contributed by atoms with E-state index in [2.05, 4.69) is 5.32 Å². The van der Waals surface area contributed by atoms with Crippen molar-refractivity contribution >= 4 is 29.1 Å². The highest BCUT2D eigenvalue weighted by molar-refractivity contribution is 6.31. The number of rotatable bonds is 1. The summed E-state index contributed by atoms with van der Waals surface area (Å²) in [5.74, 6) is -1.07. The van der Waals surface area contributed by atoms with Crippen molar-refractivity contribution in [1.29, 1.82) is 0 Å². The van der Waals surface area contributed by atoms with Gasteiger partial charge in [-0.15, -0.1) is 0 Å². The summed E-state index contributed by atoms with van der Waals surface area (Å²) in [4.78, 5) is 25.8. The van der Waals surface area contributed by atoms with Crippen LogP contribution in [0.2, 0.25) is 5.02 Å². The summed E-state index contributed by atoms with van der Waals surface area (Å²) >= 11 is 5.89. The second-order valence-corrected chi connectivity index (χ2v) is 6.64. The van der Waals surface area contributed by atoms with Crippen molar-refractivity contribution < 1.29 is 14.0 Å². The molecular weight excluding hydrogens is 295 g/mol. The Kier molecular flexibility index (Phi) is 4.23. The number of carbonyl (C=O) groups is 2. The standard InChI is InChI=1S/C15H18ClFN2O2/c1-15(2,3)13-14(21)19(7-6-12(20)18-13)11-8-9(16)4-5-10(11)17/h4-5,8,13H,6-7H2,1-3H3,(H,18,20). The van der Waals surface area contributed by atoms with Gasteiger partial charge in [-0.25, -0.2) is 4.39 Å². The average Bonchev–Trinajstić information content (AvgIpc) is 2.52. The summed E-state index contributed by atoms with van der Waals surface area (Å²) in [6.07, 6.45) is 0.129. The highest BCUT2D eigenvalue weighted by atomic mass is 35.5. The summed E-state index contributed by atoms with van der Waals surface area (Å²) in [6, 6.07) is 3.35. The lowest BCUT2D eigenvalue weighted by Crippen LogP contribution is -2.52. The Labute approximate surface area is 128 Å². The van der Waals surface area contributed by atoms with Crippen LogP contribution in [0.25, 0.3) is 0 Å². The quantitative estimate of drug-likeness (QED) is 0.867. The van der Waals surface area contributed by atoms with Crippen LogP contribution in [0.1, 0.15) is 27.2 Å². The van der Waals surface area contributed by atoms with E-state index in [-0.39, 0.29) is 30.5 Å². The van der Waals surface area contributed by atoms with Gasteiger partial charge in [-0.05, 0) is 23.6 Å². The van der Waals surface area contributed by atoms with Crippen LogP contribution in [-0.4, -0.2) is 24.4 Å². The summed E-state index contributed by atoms with van der Waals surface area (Å²) in [6.45, 7) is 5.70. The van der Waals surface area contributed by atoms with Crippen molar-refractivity contribution in [2.24, 2.45) is 5.41 Å². The SMILES string of the molecule is CC(C)(C)C1NC(=O)CCN(c2cc(Cl)ccc2F)C1=O. The molecule has 0 aromatic heterocycles. The number of benzene rings is 1. The molecule has 6 heteroatoms. The van der Waals surface area contributed by atoms with E-state index in [1.807, 2.05) is 20.8 Å². The molecule has 0 aliphatic carbocycles. The molecule has 0 radical (unpaired) electrons. The fourth-order valence-electron chi connectivity index (χ4n) is 2.29. The van der Waals surface area contributed by atoms with Crippen molar-refractivity contribution in [2.45, 2.75) is 33.2 Å². The van der Waals surface area contributed by atoms with Gasteiger partial charge in [-0.3, -0.25) is 9.59 Å². The van der Waals surface area contributed by atoms with Crippen LogP contribution in [-0.2, 0) is 9.59 Å². The van der Waals surface area contributed by atoms with Gasteiger partial charge in [0.05, 0.1) is 5.69 Å². The van der Waals surface area contributed by atoms with Gasteiger partial charge in [0, 0.05) is 18.0 Å². The lowest BCUT2D eigenvalue weighted by atomic mass is 9.86. The van der Waals surface area contributed by atoms with Crippen molar-refractivity contribution in [3.05, 3.63) is 29.0 Å². The van der Waals surface area contributed by atoms with Gasteiger partial charge in [0.1, 0.15) is 11.9 Å². The minimum absolute atomic E-state index is 0.109. The Bertz CT molecular complexity index is 584. The zero-order valence-electron chi connectivity index (χ0n) is 12.2. The highest BCUT2D eigenvalue weighted by Gasteiger charge is 2.39. The normalized spacial score (nSPS) is 20.2. The van der Waals surface area contributed by atoms with E-state index in [4.69, 9.17) is 11.6 Å². The Balaban J connectivity index is 2.45. The van der Waals surface area contributed by atoms with Crippen LogP contribution >= 0.6 is 11.6 Å². The number of halogens is 2. The average molecular weight is 313 g/mol. The number of nitrogens with zero attached hydrogens (tertiary/aromatic N) is 1. The maximum Gasteiger partial charge on any atom is 0.250 e. The Morgan fingerprint density at radius 1 is 1.33 bits per heavy atom. The van der Waals surface area contributed by atoms with Gasteiger partial charge in [0.2, 0.25) is 11.8 Å². The zero-order valence-corrected chi connectivity index (χ0v) is 13.0. The Hall–Kier alpha value is -1.62. The maximum absolute atomic E-state index is 14.0. The van der Waals surface area contributed by atoms with Gasteiger partial charge >= 0.3 is 0 Å². The van der Waals surface area contributed by atoms with Crippen LogP contribution in [0.4, 0.5) is 10.1 Å². The number of amides is 2. The third-order valence-corrected chi connectivity index (χ3v) is 3.68. The predicted octanol–water partition coefficient (Wildman–Crippen LogP) is 2.75. The maximum atomic E-state index is 14.0.